The van der Waals surface area contributed by atoms with Crippen LogP contribution in [-0.4, -0.2) is 24.2 Å². The minimum Gasteiger partial charge on any atom is -0.496 e. The summed E-state index contributed by atoms with van der Waals surface area (Å²) in [6.45, 7) is 0.648. The average Bonchev–Trinajstić information content (AvgIpc) is 2.96. The molecule has 0 atom stereocenters. The lowest BCUT2D eigenvalue weighted by Gasteiger charge is -2.30. The van der Waals surface area contributed by atoms with Crippen LogP contribution in [0.1, 0.15) is 25.7 Å². The molecule has 4 nitrogen and oxygen atoms in total. The highest BCUT2D eigenvalue weighted by atomic mass is 16.5. The smallest absolute Gasteiger partial charge is 0.134 e. The molecule has 0 unspecified atom stereocenters. The van der Waals surface area contributed by atoms with E-state index in [-0.39, 0.29) is 5.54 Å². The Morgan fingerprint density at radius 3 is 2.75 bits per heavy atom. The van der Waals surface area contributed by atoms with Gasteiger partial charge in [0.05, 0.1) is 12.6 Å². The molecule has 3 N–H and O–H groups in total. The van der Waals surface area contributed by atoms with Crippen molar-refractivity contribution in [2.24, 2.45) is 5.73 Å². The van der Waals surface area contributed by atoms with Crippen LogP contribution in [0.2, 0.25) is 0 Å². The maximum Gasteiger partial charge on any atom is 0.134 e. The monoisotopic (exact) mass is 271 g/mol. The van der Waals surface area contributed by atoms with Gasteiger partial charge in [0.2, 0.25) is 0 Å². The number of nitrogens with zero attached hydrogens (tertiary/aromatic N) is 1. The fraction of sp³-hybridized carbons (Fsp3) is 0.438. The van der Waals surface area contributed by atoms with E-state index in [1.54, 1.807) is 7.11 Å². The molecule has 20 heavy (non-hydrogen) atoms. The SMILES string of the molecule is COc1cccc2c(NC3(CN)CCCC3)nccc12. The van der Waals surface area contributed by atoms with Crippen LogP contribution in [0.3, 0.4) is 0 Å². The fourth-order valence-corrected chi connectivity index (χ4v) is 3.14. The highest BCUT2D eigenvalue weighted by Gasteiger charge is 2.32. The van der Waals surface area contributed by atoms with Gasteiger partial charge >= 0.3 is 0 Å². The zero-order chi connectivity index (χ0) is 14.0. The van der Waals surface area contributed by atoms with Gasteiger partial charge in [0, 0.05) is 23.5 Å². The van der Waals surface area contributed by atoms with E-state index >= 15 is 0 Å². The third-order valence-electron chi connectivity index (χ3n) is 4.32. The summed E-state index contributed by atoms with van der Waals surface area (Å²) in [6, 6.07) is 8.04. The van der Waals surface area contributed by atoms with Crippen molar-refractivity contribution in [3.8, 4) is 5.75 Å². The molecule has 0 bridgehead atoms. The van der Waals surface area contributed by atoms with Gasteiger partial charge in [-0.2, -0.15) is 0 Å². The van der Waals surface area contributed by atoms with E-state index in [9.17, 15) is 0 Å². The number of anilines is 1. The number of rotatable bonds is 4. The Bertz CT molecular complexity index is 606. The molecule has 4 heteroatoms. The number of fused-ring (bicyclic) bond motifs is 1. The standard InChI is InChI=1S/C16H21N3O/c1-20-14-6-4-5-13-12(14)7-10-18-15(13)19-16(11-17)8-2-3-9-16/h4-7,10H,2-3,8-9,11,17H2,1H3,(H,18,19). The van der Waals surface area contributed by atoms with Gasteiger partial charge in [0.1, 0.15) is 11.6 Å². The van der Waals surface area contributed by atoms with E-state index in [1.165, 1.54) is 12.8 Å². The van der Waals surface area contributed by atoms with Crippen molar-refractivity contribution in [1.82, 2.24) is 4.98 Å². The third-order valence-corrected chi connectivity index (χ3v) is 4.32. The van der Waals surface area contributed by atoms with Crippen molar-refractivity contribution < 1.29 is 4.74 Å². The summed E-state index contributed by atoms with van der Waals surface area (Å²) in [5.41, 5.74) is 6.01. The van der Waals surface area contributed by atoms with Crippen LogP contribution >= 0.6 is 0 Å². The molecule has 1 aliphatic rings. The second-order valence-electron chi connectivity index (χ2n) is 5.53. The molecule has 0 amide bonds. The first-order valence-electron chi connectivity index (χ1n) is 7.18. The highest BCUT2D eigenvalue weighted by molar-refractivity contribution is 5.96. The Morgan fingerprint density at radius 2 is 2.05 bits per heavy atom. The molecule has 1 aromatic carbocycles. The van der Waals surface area contributed by atoms with Crippen molar-refractivity contribution in [1.29, 1.82) is 0 Å². The maximum absolute atomic E-state index is 6.00. The summed E-state index contributed by atoms with van der Waals surface area (Å²) in [4.78, 5) is 4.52. The molecule has 0 radical (unpaired) electrons. The molecule has 1 fully saturated rings. The molecule has 3 rings (SSSR count). The van der Waals surface area contributed by atoms with Crippen molar-refractivity contribution in [3.05, 3.63) is 30.5 Å². The lowest BCUT2D eigenvalue weighted by atomic mass is 9.97. The van der Waals surface area contributed by atoms with E-state index in [2.05, 4.69) is 16.4 Å². The molecule has 1 heterocycles. The molecular formula is C16H21N3O. The van der Waals surface area contributed by atoms with Gasteiger partial charge in [-0.05, 0) is 25.0 Å². The van der Waals surface area contributed by atoms with Crippen LogP contribution in [0.5, 0.6) is 5.75 Å². The first kappa shape index (κ1) is 13.2. The lowest BCUT2D eigenvalue weighted by molar-refractivity contribution is 0.420. The second kappa shape index (κ2) is 5.29. The number of ether oxygens (including phenoxy) is 1. The topological polar surface area (TPSA) is 60.2 Å². The van der Waals surface area contributed by atoms with E-state index in [4.69, 9.17) is 10.5 Å². The third kappa shape index (κ3) is 2.20. The predicted octanol–water partition coefficient (Wildman–Crippen LogP) is 2.93. The van der Waals surface area contributed by atoms with E-state index in [0.717, 1.165) is 35.2 Å². The first-order valence-corrected chi connectivity index (χ1v) is 7.18. The Balaban J connectivity index is 2.03. The van der Waals surface area contributed by atoms with E-state index in [1.807, 2.05) is 24.4 Å². The summed E-state index contributed by atoms with van der Waals surface area (Å²) in [6.07, 6.45) is 6.53. The van der Waals surface area contributed by atoms with E-state index in [0.29, 0.717) is 6.54 Å². The van der Waals surface area contributed by atoms with Gasteiger partial charge in [0.25, 0.3) is 0 Å². The number of benzene rings is 1. The van der Waals surface area contributed by atoms with Crippen LogP contribution in [0.4, 0.5) is 5.82 Å². The summed E-state index contributed by atoms with van der Waals surface area (Å²) in [5.74, 6) is 1.79. The zero-order valence-electron chi connectivity index (χ0n) is 11.9. The Kier molecular flexibility index (Phi) is 3.49. The first-order chi connectivity index (χ1) is 9.78. The zero-order valence-corrected chi connectivity index (χ0v) is 11.9. The van der Waals surface area contributed by atoms with Crippen molar-refractivity contribution in [3.63, 3.8) is 0 Å². The summed E-state index contributed by atoms with van der Waals surface area (Å²) in [7, 11) is 1.70. The number of methoxy groups -OCH3 is 1. The van der Waals surface area contributed by atoms with Gasteiger partial charge in [-0.15, -0.1) is 0 Å². The molecule has 0 saturated heterocycles. The van der Waals surface area contributed by atoms with Gasteiger partial charge in [-0.25, -0.2) is 4.98 Å². The average molecular weight is 271 g/mol. The highest BCUT2D eigenvalue weighted by Crippen LogP contribution is 2.35. The molecule has 1 aliphatic carbocycles. The van der Waals surface area contributed by atoms with Gasteiger partial charge in [-0.1, -0.05) is 25.0 Å². The van der Waals surface area contributed by atoms with Crippen LogP contribution in [0.15, 0.2) is 30.5 Å². The number of nitrogens with two attached hydrogens (primary N) is 1. The molecule has 0 aliphatic heterocycles. The normalized spacial score (nSPS) is 17.3. The van der Waals surface area contributed by atoms with Crippen LogP contribution in [0, 0.1) is 0 Å². The second-order valence-corrected chi connectivity index (χ2v) is 5.53. The quantitative estimate of drug-likeness (QED) is 0.897. The number of nitrogens with one attached hydrogen (secondary N) is 1. The van der Waals surface area contributed by atoms with Crippen LogP contribution in [-0.2, 0) is 0 Å². The summed E-state index contributed by atoms with van der Waals surface area (Å²) < 4.78 is 5.42. The van der Waals surface area contributed by atoms with Crippen molar-refractivity contribution in [2.75, 3.05) is 19.0 Å². The minimum atomic E-state index is 0.00433. The number of hydrogen-bond donors (Lipinski definition) is 2. The number of pyridine rings is 1. The molecule has 1 aromatic heterocycles. The molecule has 106 valence electrons. The predicted molar refractivity (Wildman–Crippen MR) is 82.2 cm³/mol. The van der Waals surface area contributed by atoms with Gasteiger partial charge < -0.3 is 15.8 Å². The number of aromatic nitrogens is 1. The lowest BCUT2D eigenvalue weighted by Crippen LogP contribution is -2.43. The summed E-state index contributed by atoms with van der Waals surface area (Å²) in [5, 5.41) is 5.78. The fourth-order valence-electron chi connectivity index (χ4n) is 3.14. The van der Waals surface area contributed by atoms with Gasteiger partial charge in [0.15, 0.2) is 0 Å². The molecular weight excluding hydrogens is 250 g/mol. The Hall–Kier alpha value is -1.81. The Labute approximate surface area is 119 Å². The van der Waals surface area contributed by atoms with Crippen LogP contribution in [0.25, 0.3) is 10.8 Å². The Morgan fingerprint density at radius 1 is 1.25 bits per heavy atom. The van der Waals surface area contributed by atoms with Crippen LogP contribution < -0.4 is 15.8 Å². The number of hydrogen-bond acceptors (Lipinski definition) is 4. The molecule has 0 spiro atoms. The van der Waals surface area contributed by atoms with Crippen molar-refractivity contribution >= 4 is 16.6 Å². The van der Waals surface area contributed by atoms with Gasteiger partial charge in [-0.3, -0.25) is 0 Å². The molecule has 2 aromatic rings. The minimum absolute atomic E-state index is 0.00433. The summed E-state index contributed by atoms with van der Waals surface area (Å²) >= 11 is 0. The maximum atomic E-state index is 6.00. The van der Waals surface area contributed by atoms with Crippen molar-refractivity contribution in [2.45, 2.75) is 31.2 Å². The van der Waals surface area contributed by atoms with E-state index < -0.39 is 0 Å². The largest absolute Gasteiger partial charge is 0.496 e. The molecule has 1 saturated carbocycles.